The van der Waals surface area contributed by atoms with Crippen molar-refractivity contribution in [3.05, 3.63) is 29.8 Å². The molecular formula is C19H26N2O3. The van der Waals surface area contributed by atoms with Crippen molar-refractivity contribution < 1.29 is 14.7 Å². The second-order valence-electron chi connectivity index (χ2n) is 6.88. The van der Waals surface area contributed by atoms with E-state index in [0.29, 0.717) is 17.8 Å². The van der Waals surface area contributed by atoms with Crippen molar-refractivity contribution in [1.82, 2.24) is 4.90 Å². The molecule has 1 aromatic carbocycles. The number of benzene rings is 1. The zero-order chi connectivity index (χ0) is 16.9. The van der Waals surface area contributed by atoms with Crippen molar-refractivity contribution in [3.8, 4) is 0 Å². The Hall–Kier alpha value is -1.88. The van der Waals surface area contributed by atoms with Crippen LogP contribution in [0.5, 0.6) is 0 Å². The maximum atomic E-state index is 12.7. The second-order valence-corrected chi connectivity index (χ2v) is 6.88. The zero-order valence-corrected chi connectivity index (χ0v) is 14.0. The van der Waals surface area contributed by atoms with E-state index in [2.05, 4.69) is 5.32 Å². The van der Waals surface area contributed by atoms with E-state index >= 15 is 0 Å². The minimum atomic E-state index is -0.0852. The molecule has 1 heterocycles. The van der Waals surface area contributed by atoms with E-state index in [1.807, 2.05) is 6.07 Å². The van der Waals surface area contributed by atoms with Crippen molar-refractivity contribution in [1.29, 1.82) is 0 Å². The summed E-state index contributed by atoms with van der Waals surface area (Å²) >= 11 is 0. The monoisotopic (exact) mass is 330 g/mol. The van der Waals surface area contributed by atoms with Crippen molar-refractivity contribution >= 4 is 17.5 Å². The molecule has 1 saturated carbocycles. The lowest BCUT2D eigenvalue weighted by molar-refractivity contribution is -0.120. The molecule has 2 fully saturated rings. The van der Waals surface area contributed by atoms with E-state index < -0.39 is 0 Å². The van der Waals surface area contributed by atoms with Crippen LogP contribution in [0.25, 0.3) is 0 Å². The summed E-state index contributed by atoms with van der Waals surface area (Å²) in [6.45, 7) is 0.687. The van der Waals surface area contributed by atoms with Crippen molar-refractivity contribution in [2.24, 2.45) is 5.92 Å². The summed E-state index contributed by atoms with van der Waals surface area (Å²) in [5.41, 5.74) is 1.24. The van der Waals surface area contributed by atoms with Crippen LogP contribution < -0.4 is 5.32 Å². The number of likely N-dealkylation sites (tertiary alicyclic amines) is 1. The van der Waals surface area contributed by atoms with Crippen LogP contribution in [-0.4, -0.2) is 41.0 Å². The minimum Gasteiger partial charge on any atom is -0.394 e. The summed E-state index contributed by atoms with van der Waals surface area (Å²) in [6.07, 6.45) is 7.14. The molecule has 0 aromatic heterocycles. The summed E-state index contributed by atoms with van der Waals surface area (Å²) in [6, 6.07) is 7.05. The molecule has 1 saturated heterocycles. The van der Waals surface area contributed by atoms with E-state index in [0.717, 1.165) is 38.5 Å². The van der Waals surface area contributed by atoms with Gasteiger partial charge in [-0.05, 0) is 43.9 Å². The Bertz CT molecular complexity index is 596. The van der Waals surface area contributed by atoms with Crippen molar-refractivity contribution in [3.63, 3.8) is 0 Å². The number of aliphatic hydroxyl groups is 1. The number of carbonyl (C=O) groups is 2. The molecule has 1 atom stereocenters. The smallest absolute Gasteiger partial charge is 0.254 e. The van der Waals surface area contributed by atoms with Gasteiger partial charge in [-0.15, -0.1) is 0 Å². The highest BCUT2D eigenvalue weighted by Gasteiger charge is 2.29. The number of hydrogen-bond acceptors (Lipinski definition) is 3. The number of hydrogen-bond donors (Lipinski definition) is 2. The molecule has 1 aliphatic carbocycles. The van der Waals surface area contributed by atoms with Gasteiger partial charge in [0.25, 0.3) is 5.91 Å². The van der Waals surface area contributed by atoms with Gasteiger partial charge in [0.2, 0.25) is 5.91 Å². The summed E-state index contributed by atoms with van der Waals surface area (Å²) in [4.78, 5) is 26.8. The van der Waals surface area contributed by atoms with Gasteiger partial charge in [-0.2, -0.15) is 0 Å². The van der Waals surface area contributed by atoms with Crippen molar-refractivity contribution in [2.75, 3.05) is 18.5 Å². The van der Waals surface area contributed by atoms with Gasteiger partial charge >= 0.3 is 0 Å². The lowest BCUT2D eigenvalue weighted by Gasteiger charge is -2.23. The first-order chi connectivity index (χ1) is 11.7. The van der Waals surface area contributed by atoms with Crippen LogP contribution in [0.4, 0.5) is 5.69 Å². The molecule has 3 rings (SSSR count). The molecule has 1 aromatic rings. The average Bonchev–Trinajstić information content (AvgIpc) is 3.10. The van der Waals surface area contributed by atoms with Crippen LogP contribution in [0.1, 0.15) is 55.3 Å². The zero-order valence-electron chi connectivity index (χ0n) is 14.0. The van der Waals surface area contributed by atoms with E-state index in [1.165, 1.54) is 6.42 Å². The first-order valence-electron chi connectivity index (χ1n) is 9.02. The molecule has 0 spiro atoms. The van der Waals surface area contributed by atoms with Gasteiger partial charge < -0.3 is 15.3 Å². The van der Waals surface area contributed by atoms with Gasteiger partial charge in [0.1, 0.15) is 0 Å². The van der Waals surface area contributed by atoms with Crippen LogP contribution in [-0.2, 0) is 4.79 Å². The summed E-state index contributed by atoms with van der Waals surface area (Å²) in [5.74, 6) is 0.0875. The molecule has 0 radical (unpaired) electrons. The maximum absolute atomic E-state index is 12.7. The molecule has 5 nitrogen and oxygen atoms in total. The highest BCUT2D eigenvalue weighted by molar-refractivity contribution is 5.98. The number of carbonyl (C=O) groups excluding carboxylic acids is 2. The lowest BCUT2D eigenvalue weighted by Crippen LogP contribution is -2.37. The molecule has 0 bridgehead atoms. The Morgan fingerprint density at radius 1 is 1.12 bits per heavy atom. The Morgan fingerprint density at radius 2 is 1.92 bits per heavy atom. The topological polar surface area (TPSA) is 69.6 Å². The highest BCUT2D eigenvalue weighted by Crippen LogP contribution is 2.26. The van der Waals surface area contributed by atoms with Gasteiger partial charge in [0.05, 0.1) is 12.6 Å². The summed E-state index contributed by atoms with van der Waals surface area (Å²) < 4.78 is 0. The molecule has 2 amide bonds. The van der Waals surface area contributed by atoms with Gasteiger partial charge in [0, 0.05) is 23.7 Å². The van der Waals surface area contributed by atoms with E-state index in [-0.39, 0.29) is 30.4 Å². The third kappa shape index (κ3) is 3.78. The molecule has 5 heteroatoms. The fourth-order valence-electron chi connectivity index (χ4n) is 3.80. The molecule has 1 aliphatic heterocycles. The van der Waals surface area contributed by atoms with Crippen LogP contribution in [0, 0.1) is 5.92 Å². The Balaban J connectivity index is 1.67. The first kappa shape index (κ1) is 17.0. The third-order valence-electron chi connectivity index (χ3n) is 5.20. The Labute approximate surface area is 143 Å². The van der Waals surface area contributed by atoms with Gasteiger partial charge in [0.15, 0.2) is 0 Å². The quantitative estimate of drug-likeness (QED) is 0.892. The average molecular weight is 330 g/mol. The predicted molar refractivity (Wildman–Crippen MR) is 92.8 cm³/mol. The molecule has 0 unspecified atom stereocenters. The maximum Gasteiger partial charge on any atom is 0.254 e. The van der Waals surface area contributed by atoms with Gasteiger partial charge in [-0.1, -0.05) is 25.3 Å². The van der Waals surface area contributed by atoms with Crippen LogP contribution >= 0.6 is 0 Å². The number of aliphatic hydroxyl groups excluding tert-OH is 1. The highest BCUT2D eigenvalue weighted by atomic mass is 16.3. The van der Waals surface area contributed by atoms with E-state index in [9.17, 15) is 14.7 Å². The second kappa shape index (κ2) is 7.79. The molecular weight excluding hydrogens is 304 g/mol. The fraction of sp³-hybridized carbons (Fsp3) is 0.579. The SMILES string of the molecule is O=C(Nc1cccc(C(=O)N2CCC[C@@H]2CO)c1)C1CCCCC1. The number of amides is 2. The van der Waals surface area contributed by atoms with E-state index in [4.69, 9.17) is 0 Å². The summed E-state index contributed by atoms with van der Waals surface area (Å²) in [7, 11) is 0. The van der Waals surface area contributed by atoms with E-state index in [1.54, 1.807) is 23.1 Å². The Kier molecular flexibility index (Phi) is 5.51. The number of anilines is 1. The number of nitrogens with one attached hydrogen (secondary N) is 1. The third-order valence-corrected chi connectivity index (χ3v) is 5.20. The molecule has 2 N–H and O–H groups in total. The van der Waals surface area contributed by atoms with Gasteiger partial charge in [-0.3, -0.25) is 9.59 Å². The van der Waals surface area contributed by atoms with Gasteiger partial charge in [-0.25, -0.2) is 0 Å². The van der Waals surface area contributed by atoms with Crippen LogP contribution in [0.15, 0.2) is 24.3 Å². The van der Waals surface area contributed by atoms with Crippen LogP contribution in [0.3, 0.4) is 0 Å². The number of nitrogens with zero attached hydrogens (tertiary/aromatic N) is 1. The Morgan fingerprint density at radius 3 is 2.67 bits per heavy atom. The largest absolute Gasteiger partial charge is 0.394 e. The standard InChI is InChI=1S/C19H26N2O3/c22-13-17-10-5-11-21(17)19(24)15-8-4-9-16(12-15)20-18(23)14-6-2-1-3-7-14/h4,8-9,12,14,17,22H,1-3,5-7,10-11,13H2,(H,20,23)/t17-/m1/s1. The lowest BCUT2D eigenvalue weighted by atomic mass is 9.88. The molecule has 24 heavy (non-hydrogen) atoms. The molecule has 130 valence electrons. The summed E-state index contributed by atoms with van der Waals surface area (Å²) in [5, 5.41) is 12.4. The number of rotatable bonds is 4. The van der Waals surface area contributed by atoms with Crippen molar-refractivity contribution in [2.45, 2.75) is 51.0 Å². The first-order valence-corrected chi connectivity index (χ1v) is 9.02. The normalized spacial score (nSPS) is 21.7. The van der Waals surface area contributed by atoms with Crippen LogP contribution in [0.2, 0.25) is 0 Å². The predicted octanol–water partition coefficient (Wildman–Crippen LogP) is 2.80. The minimum absolute atomic E-state index is 0.00382. The molecule has 2 aliphatic rings. The fourth-order valence-corrected chi connectivity index (χ4v) is 3.80.